The topological polar surface area (TPSA) is 38.0 Å². The van der Waals surface area contributed by atoms with Crippen molar-refractivity contribution in [2.45, 2.75) is 64.8 Å². The third-order valence-electron chi connectivity index (χ3n) is 4.12. The van der Waals surface area contributed by atoms with E-state index >= 15 is 0 Å². The molecule has 0 aliphatic heterocycles. The van der Waals surface area contributed by atoms with Gasteiger partial charge in [-0.25, -0.2) is 0 Å². The van der Waals surface area contributed by atoms with Gasteiger partial charge in [0, 0.05) is 18.6 Å². The summed E-state index contributed by atoms with van der Waals surface area (Å²) in [5.74, 6) is 0. The minimum Gasteiger partial charge on any atom is -0.324 e. The molecule has 0 aromatic heterocycles. The van der Waals surface area contributed by atoms with E-state index < -0.39 is 0 Å². The van der Waals surface area contributed by atoms with Gasteiger partial charge < -0.3 is 11.1 Å². The maximum Gasteiger partial charge on any atom is 0.0275 e. The van der Waals surface area contributed by atoms with Gasteiger partial charge in [-0.3, -0.25) is 0 Å². The lowest BCUT2D eigenvalue weighted by atomic mass is 9.93. The molecule has 90 valence electrons. The second-order valence-electron chi connectivity index (χ2n) is 5.42. The van der Waals surface area contributed by atoms with Crippen molar-refractivity contribution in [1.29, 1.82) is 0 Å². The number of rotatable bonds is 8. The maximum atomic E-state index is 6.26. The van der Waals surface area contributed by atoms with Crippen LogP contribution in [0.2, 0.25) is 0 Å². The molecule has 1 rings (SSSR count). The first-order valence-corrected chi connectivity index (χ1v) is 6.59. The summed E-state index contributed by atoms with van der Waals surface area (Å²) in [5.41, 5.74) is 6.92. The van der Waals surface area contributed by atoms with Crippen molar-refractivity contribution >= 4 is 0 Å². The van der Waals surface area contributed by atoms with E-state index in [4.69, 9.17) is 5.73 Å². The summed E-state index contributed by atoms with van der Waals surface area (Å²) in [7, 11) is 0. The van der Waals surface area contributed by atoms with Crippen molar-refractivity contribution in [3.63, 3.8) is 0 Å². The second kappa shape index (κ2) is 5.31. The van der Waals surface area contributed by atoms with E-state index in [1.54, 1.807) is 0 Å². The predicted octanol–water partition coefficient (Wildman–Crippen LogP) is 2.67. The zero-order chi connectivity index (χ0) is 11.4. The van der Waals surface area contributed by atoms with Crippen molar-refractivity contribution in [1.82, 2.24) is 5.32 Å². The molecule has 2 nitrogen and oxygen atoms in total. The molecular weight excluding hydrogens is 184 g/mol. The predicted molar refractivity (Wildman–Crippen MR) is 66.9 cm³/mol. The lowest BCUT2D eigenvalue weighted by molar-refractivity contribution is 0.338. The first-order chi connectivity index (χ1) is 7.10. The Bertz CT molecular complexity index is 181. The third kappa shape index (κ3) is 3.76. The molecule has 0 spiro atoms. The van der Waals surface area contributed by atoms with E-state index in [9.17, 15) is 0 Å². The third-order valence-corrected chi connectivity index (χ3v) is 4.12. The molecule has 0 radical (unpaired) electrons. The van der Waals surface area contributed by atoms with Crippen LogP contribution in [0.1, 0.15) is 59.3 Å². The molecule has 2 heteroatoms. The van der Waals surface area contributed by atoms with E-state index in [-0.39, 0.29) is 5.54 Å². The van der Waals surface area contributed by atoms with E-state index in [1.807, 2.05) is 0 Å². The summed E-state index contributed by atoms with van der Waals surface area (Å²) in [6.45, 7) is 8.81. The number of nitrogens with two attached hydrogens (primary N) is 1. The summed E-state index contributed by atoms with van der Waals surface area (Å²) in [5, 5.41) is 3.59. The number of hydrogen-bond acceptors (Lipinski definition) is 2. The number of hydrogen-bond donors (Lipinski definition) is 2. The Morgan fingerprint density at radius 2 is 1.80 bits per heavy atom. The van der Waals surface area contributed by atoms with Crippen LogP contribution in [0.3, 0.4) is 0 Å². The van der Waals surface area contributed by atoms with Gasteiger partial charge in [-0.2, -0.15) is 0 Å². The molecule has 0 bridgehead atoms. The van der Waals surface area contributed by atoms with Crippen LogP contribution in [-0.2, 0) is 0 Å². The highest BCUT2D eigenvalue weighted by molar-refractivity contribution is 4.95. The average Bonchev–Trinajstić information content (AvgIpc) is 2.99. The van der Waals surface area contributed by atoms with Crippen LogP contribution in [0, 0.1) is 5.41 Å². The standard InChI is InChI=1S/C13H28N2/c1-4-7-12(8-9-12)10-15-11-13(14,5-2)6-3/h15H,4-11,14H2,1-3H3. The summed E-state index contributed by atoms with van der Waals surface area (Å²) < 4.78 is 0. The molecule has 0 atom stereocenters. The highest BCUT2D eigenvalue weighted by Crippen LogP contribution is 2.48. The Kier molecular flexibility index (Phi) is 4.60. The zero-order valence-electron chi connectivity index (χ0n) is 10.7. The Morgan fingerprint density at radius 1 is 1.20 bits per heavy atom. The van der Waals surface area contributed by atoms with Crippen LogP contribution in [0.25, 0.3) is 0 Å². The minimum atomic E-state index is 0.0162. The molecule has 0 unspecified atom stereocenters. The molecule has 1 aliphatic carbocycles. The van der Waals surface area contributed by atoms with Gasteiger partial charge in [0.1, 0.15) is 0 Å². The average molecular weight is 212 g/mol. The van der Waals surface area contributed by atoms with Crippen molar-refractivity contribution in [2.75, 3.05) is 13.1 Å². The molecule has 3 N–H and O–H groups in total. The molecule has 0 aromatic rings. The fraction of sp³-hybridized carbons (Fsp3) is 1.00. The molecule has 1 saturated carbocycles. The van der Waals surface area contributed by atoms with Crippen molar-refractivity contribution in [3.05, 3.63) is 0 Å². The largest absolute Gasteiger partial charge is 0.324 e. The monoisotopic (exact) mass is 212 g/mol. The van der Waals surface area contributed by atoms with Gasteiger partial charge in [0.25, 0.3) is 0 Å². The Labute approximate surface area is 95.0 Å². The Hall–Kier alpha value is -0.0800. The minimum absolute atomic E-state index is 0.0162. The lowest BCUT2D eigenvalue weighted by Gasteiger charge is -2.28. The van der Waals surface area contributed by atoms with Crippen molar-refractivity contribution in [2.24, 2.45) is 11.1 Å². The highest BCUT2D eigenvalue weighted by Gasteiger charge is 2.41. The van der Waals surface area contributed by atoms with Crippen molar-refractivity contribution < 1.29 is 0 Å². The molecular formula is C13H28N2. The number of nitrogens with one attached hydrogen (secondary N) is 1. The Balaban J connectivity index is 2.21. The van der Waals surface area contributed by atoms with Gasteiger partial charge in [-0.1, -0.05) is 27.2 Å². The van der Waals surface area contributed by atoms with Crippen LogP contribution < -0.4 is 11.1 Å². The second-order valence-corrected chi connectivity index (χ2v) is 5.42. The molecule has 1 fully saturated rings. The highest BCUT2D eigenvalue weighted by atomic mass is 14.9. The van der Waals surface area contributed by atoms with Crippen LogP contribution in [0.15, 0.2) is 0 Å². The Morgan fingerprint density at radius 3 is 2.20 bits per heavy atom. The molecule has 0 aromatic carbocycles. The van der Waals surface area contributed by atoms with Crippen molar-refractivity contribution in [3.8, 4) is 0 Å². The maximum absolute atomic E-state index is 6.26. The van der Waals surface area contributed by atoms with Gasteiger partial charge in [-0.05, 0) is 37.5 Å². The van der Waals surface area contributed by atoms with Gasteiger partial charge in [0.15, 0.2) is 0 Å². The summed E-state index contributed by atoms with van der Waals surface area (Å²) >= 11 is 0. The first-order valence-electron chi connectivity index (χ1n) is 6.59. The fourth-order valence-electron chi connectivity index (χ4n) is 2.30. The molecule has 0 amide bonds. The van der Waals surface area contributed by atoms with Gasteiger partial charge >= 0.3 is 0 Å². The summed E-state index contributed by atoms with van der Waals surface area (Å²) in [4.78, 5) is 0. The molecule has 0 saturated heterocycles. The smallest absolute Gasteiger partial charge is 0.0275 e. The van der Waals surface area contributed by atoms with Crippen LogP contribution in [0.5, 0.6) is 0 Å². The molecule has 0 heterocycles. The van der Waals surface area contributed by atoms with Gasteiger partial charge in [-0.15, -0.1) is 0 Å². The van der Waals surface area contributed by atoms with Crippen LogP contribution in [-0.4, -0.2) is 18.6 Å². The van der Waals surface area contributed by atoms with Crippen LogP contribution >= 0.6 is 0 Å². The van der Waals surface area contributed by atoms with E-state index in [0.717, 1.165) is 19.4 Å². The summed E-state index contributed by atoms with van der Waals surface area (Å²) in [6.07, 6.45) is 7.68. The van der Waals surface area contributed by atoms with E-state index in [1.165, 1.54) is 32.2 Å². The quantitative estimate of drug-likeness (QED) is 0.649. The zero-order valence-corrected chi connectivity index (χ0v) is 10.7. The SMILES string of the molecule is CCCC1(CNCC(N)(CC)CC)CC1. The molecule has 1 aliphatic rings. The van der Waals surface area contributed by atoms with Gasteiger partial charge in [0.2, 0.25) is 0 Å². The first kappa shape index (κ1) is 13.0. The normalized spacial score (nSPS) is 19.2. The van der Waals surface area contributed by atoms with Gasteiger partial charge in [0.05, 0.1) is 0 Å². The van der Waals surface area contributed by atoms with E-state index in [2.05, 4.69) is 26.1 Å². The summed E-state index contributed by atoms with van der Waals surface area (Å²) in [6, 6.07) is 0. The fourth-order valence-corrected chi connectivity index (χ4v) is 2.30. The van der Waals surface area contributed by atoms with E-state index in [0.29, 0.717) is 5.41 Å². The lowest BCUT2D eigenvalue weighted by Crippen LogP contribution is -2.48. The van der Waals surface area contributed by atoms with Crippen LogP contribution in [0.4, 0.5) is 0 Å². The molecule has 15 heavy (non-hydrogen) atoms.